The maximum Gasteiger partial charge on any atom is 0.257 e. The molecule has 8 nitrogen and oxygen atoms in total. The summed E-state index contributed by atoms with van der Waals surface area (Å²) in [6.45, 7) is 5.01. The average Bonchev–Trinajstić information content (AvgIpc) is 3.20. The number of fused-ring (bicyclic) bond motifs is 2. The van der Waals surface area contributed by atoms with Crippen LogP contribution >= 0.6 is 0 Å². The molecule has 0 radical (unpaired) electrons. The average molecular weight is 421 g/mol. The van der Waals surface area contributed by atoms with Crippen molar-refractivity contribution in [1.29, 1.82) is 0 Å². The van der Waals surface area contributed by atoms with Gasteiger partial charge in [-0.3, -0.25) is 14.6 Å². The SMILES string of the molecule is CC1CCCN(c2nc3c(c(=O)[nH]2)CN(C(=O)CCc2nc4ccccc4[nH]2)CC3)C1. The molecule has 1 atom stereocenters. The van der Waals surface area contributed by atoms with E-state index in [0.717, 1.165) is 42.1 Å². The molecular weight excluding hydrogens is 392 g/mol. The molecule has 0 spiro atoms. The topological polar surface area (TPSA) is 98.0 Å². The molecule has 2 N–H and O–H groups in total. The van der Waals surface area contributed by atoms with E-state index in [-0.39, 0.29) is 11.5 Å². The standard InChI is InChI=1S/C23H28N6O2/c1-15-5-4-11-29(13-15)23-26-17-10-12-28(14-16(17)22(31)27-23)21(30)9-8-20-24-18-6-2-3-7-19(18)25-20/h2-3,6-7,15H,4-5,8-14H2,1H3,(H,24,25)(H,26,27,31). The minimum atomic E-state index is -0.118. The highest BCUT2D eigenvalue weighted by molar-refractivity contribution is 5.77. The zero-order chi connectivity index (χ0) is 21.4. The quantitative estimate of drug-likeness (QED) is 0.675. The van der Waals surface area contributed by atoms with Crippen LogP contribution in [0.3, 0.4) is 0 Å². The molecule has 2 aliphatic rings. The van der Waals surface area contributed by atoms with E-state index in [1.165, 1.54) is 6.42 Å². The first-order chi connectivity index (χ1) is 15.1. The Morgan fingerprint density at radius 2 is 2.06 bits per heavy atom. The van der Waals surface area contributed by atoms with Gasteiger partial charge < -0.3 is 14.8 Å². The molecule has 0 saturated carbocycles. The number of aromatic amines is 2. The summed E-state index contributed by atoms with van der Waals surface area (Å²) in [7, 11) is 0. The van der Waals surface area contributed by atoms with Crippen LogP contribution in [0.2, 0.25) is 0 Å². The van der Waals surface area contributed by atoms with Crippen molar-refractivity contribution in [1.82, 2.24) is 24.8 Å². The van der Waals surface area contributed by atoms with Crippen molar-refractivity contribution in [2.45, 2.75) is 45.6 Å². The maximum atomic E-state index is 12.8. The molecular formula is C23H28N6O2. The molecule has 4 heterocycles. The highest BCUT2D eigenvalue weighted by atomic mass is 16.2. The molecule has 1 aromatic carbocycles. The van der Waals surface area contributed by atoms with Crippen LogP contribution in [-0.4, -0.2) is 50.4 Å². The van der Waals surface area contributed by atoms with Crippen molar-refractivity contribution in [3.8, 4) is 0 Å². The van der Waals surface area contributed by atoms with Crippen LogP contribution < -0.4 is 10.5 Å². The number of carbonyl (C=O) groups is 1. The molecule has 1 saturated heterocycles. The lowest BCUT2D eigenvalue weighted by molar-refractivity contribution is -0.132. The van der Waals surface area contributed by atoms with E-state index in [1.54, 1.807) is 4.90 Å². The van der Waals surface area contributed by atoms with Crippen molar-refractivity contribution >= 4 is 22.9 Å². The van der Waals surface area contributed by atoms with Crippen LogP contribution in [0.5, 0.6) is 0 Å². The highest BCUT2D eigenvalue weighted by Crippen LogP contribution is 2.22. The lowest BCUT2D eigenvalue weighted by Crippen LogP contribution is -2.41. The van der Waals surface area contributed by atoms with E-state index in [2.05, 4.69) is 26.8 Å². The van der Waals surface area contributed by atoms with E-state index in [4.69, 9.17) is 4.98 Å². The number of hydrogen-bond acceptors (Lipinski definition) is 5. The van der Waals surface area contributed by atoms with Gasteiger partial charge in [0, 0.05) is 38.9 Å². The van der Waals surface area contributed by atoms with Crippen LogP contribution in [0.25, 0.3) is 11.0 Å². The number of nitrogens with zero attached hydrogens (tertiary/aromatic N) is 4. The molecule has 31 heavy (non-hydrogen) atoms. The third kappa shape index (κ3) is 4.06. The Hall–Kier alpha value is -3.16. The molecule has 0 bridgehead atoms. The number of imidazole rings is 1. The Kier molecular flexibility index (Phi) is 5.21. The van der Waals surface area contributed by atoms with Gasteiger partial charge in [0.15, 0.2) is 0 Å². The zero-order valence-electron chi connectivity index (χ0n) is 17.9. The molecule has 1 fully saturated rings. The minimum Gasteiger partial charge on any atom is -0.342 e. The van der Waals surface area contributed by atoms with E-state index in [9.17, 15) is 9.59 Å². The lowest BCUT2D eigenvalue weighted by Gasteiger charge is -2.33. The second kappa shape index (κ2) is 8.17. The number of aromatic nitrogens is 4. The van der Waals surface area contributed by atoms with Crippen LogP contribution in [0, 0.1) is 5.92 Å². The zero-order valence-corrected chi connectivity index (χ0v) is 17.9. The Labute approximate surface area is 180 Å². The summed E-state index contributed by atoms with van der Waals surface area (Å²) in [5.74, 6) is 2.14. The number of piperidine rings is 1. The molecule has 8 heteroatoms. The molecule has 2 aromatic heterocycles. The smallest absolute Gasteiger partial charge is 0.257 e. The number of anilines is 1. The molecule has 3 aromatic rings. The van der Waals surface area contributed by atoms with Gasteiger partial charge in [0.25, 0.3) is 5.56 Å². The fraction of sp³-hybridized carbons (Fsp3) is 0.478. The second-order valence-corrected chi connectivity index (χ2v) is 8.77. The molecule has 1 amide bonds. The number of carbonyl (C=O) groups excluding carboxylic acids is 1. The Morgan fingerprint density at radius 3 is 2.90 bits per heavy atom. The Bertz CT molecular complexity index is 1130. The van der Waals surface area contributed by atoms with Gasteiger partial charge in [-0.15, -0.1) is 0 Å². The predicted molar refractivity (Wildman–Crippen MR) is 119 cm³/mol. The molecule has 162 valence electrons. The summed E-state index contributed by atoms with van der Waals surface area (Å²) in [4.78, 5) is 45.1. The van der Waals surface area contributed by atoms with Gasteiger partial charge in [0.1, 0.15) is 5.82 Å². The number of H-pyrrole nitrogens is 2. The number of para-hydroxylation sites is 2. The second-order valence-electron chi connectivity index (χ2n) is 8.77. The molecule has 2 aliphatic heterocycles. The maximum absolute atomic E-state index is 12.8. The number of rotatable bonds is 4. The van der Waals surface area contributed by atoms with Crippen molar-refractivity contribution in [2.24, 2.45) is 5.92 Å². The lowest BCUT2D eigenvalue weighted by atomic mass is 10.0. The normalized spacial score (nSPS) is 18.9. The predicted octanol–water partition coefficient (Wildman–Crippen LogP) is 2.40. The van der Waals surface area contributed by atoms with Crippen molar-refractivity contribution < 1.29 is 4.79 Å². The van der Waals surface area contributed by atoms with Crippen LogP contribution in [0.1, 0.15) is 43.3 Å². The Morgan fingerprint density at radius 1 is 1.19 bits per heavy atom. The van der Waals surface area contributed by atoms with E-state index >= 15 is 0 Å². The molecule has 5 rings (SSSR count). The number of benzene rings is 1. The largest absolute Gasteiger partial charge is 0.342 e. The summed E-state index contributed by atoms with van der Waals surface area (Å²) >= 11 is 0. The van der Waals surface area contributed by atoms with E-state index in [1.807, 2.05) is 24.3 Å². The van der Waals surface area contributed by atoms with Gasteiger partial charge in [0.05, 0.1) is 28.8 Å². The third-order valence-corrected chi connectivity index (χ3v) is 6.38. The van der Waals surface area contributed by atoms with Gasteiger partial charge in [-0.2, -0.15) is 0 Å². The van der Waals surface area contributed by atoms with Gasteiger partial charge in [-0.1, -0.05) is 19.1 Å². The Balaban J connectivity index is 1.25. The third-order valence-electron chi connectivity index (χ3n) is 6.38. The molecule has 1 unspecified atom stereocenters. The summed E-state index contributed by atoms with van der Waals surface area (Å²) in [6.07, 6.45) is 3.88. The highest BCUT2D eigenvalue weighted by Gasteiger charge is 2.26. The first-order valence-electron chi connectivity index (χ1n) is 11.2. The van der Waals surface area contributed by atoms with Crippen LogP contribution in [0.4, 0.5) is 5.95 Å². The van der Waals surface area contributed by atoms with Gasteiger partial charge >= 0.3 is 0 Å². The van der Waals surface area contributed by atoms with Crippen molar-refractivity contribution in [3.63, 3.8) is 0 Å². The van der Waals surface area contributed by atoms with Crippen molar-refractivity contribution in [2.75, 3.05) is 24.5 Å². The first kappa shape index (κ1) is 19.8. The van der Waals surface area contributed by atoms with Crippen molar-refractivity contribution in [3.05, 3.63) is 51.7 Å². The number of hydrogen-bond donors (Lipinski definition) is 2. The summed E-state index contributed by atoms with van der Waals surface area (Å²) in [5.41, 5.74) is 3.23. The van der Waals surface area contributed by atoms with Crippen LogP contribution in [0.15, 0.2) is 29.1 Å². The summed E-state index contributed by atoms with van der Waals surface area (Å²) < 4.78 is 0. The van der Waals surface area contributed by atoms with Gasteiger partial charge in [-0.25, -0.2) is 9.97 Å². The van der Waals surface area contributed by atoms with Gasteiger partial charge in [-0.05, 0) is 30.9 Å². The number of aryl methyl sites for hydroxylation is 1. The fourth-order valence-corrected chi connectivity index (χ4v) is 4.66. The molecule has 0 aliphatic carbocycles. The van der Waals surface area contributed by atoms with Crippen LogP contribution in [-0.2, 0) is 24.2 Å². The summed E-state index contributed by atoms with van der Waals surface area (Å²) in [5, 5.41) is 0. The number of nitrogens with one attached hydrogen (secondary N) is 2. The van der Waals surface area contributed by atoms with E-state index in [0.29, 0.717) is 49.8 Å². The number of amides is 1. The fourth-order valence-electron chi connectivity index (χ4n) is 4.66. The van der Waals surface area contributed by atoms with E-state index < -0.39 is 0 Å². The van der Waals surface area contributed by atoms with Gasteiger partial charge in [0.2, 0.25) is 11.9 Å². The first-order valence-corrected chi connectivity index (χ1v) is 11.2. The minimum absolute atomic E-state index is 0.0411. The monoisotopic (exact) mass is 420 g/mol. The summed E-state index contributed by atoms with van der Waals surface area (Å²) in [6, 6.07) is 7.85.